The van der Waals surface area contributed by atoms with Gasteiger partial charge in [0.05, 0.1) is 13.2 Å². The van der Waals surface area contributed by atoms with E-state index in [2.05, 4.69) is 0 Å². The minimum absolute atomic E-state index is 0.0532. The van der Waals surface area contributed by atoms with Gasteiger partial charge in [0.2, 0.25) is 0 Å². The number of hydrogen-bond donors (Lipinski definition) is 2. The Morgan fingerprint density at radius 3 is 1.76 bits per heavy atom. The van der Waals surface area contributed by atoms with Crippen LogP contribution in [0.3, 0.4) is 0 Å². The number of carbonyl (C=O) groups is 4. The van der Waals surface area contributed by atoms with Crippen LogP contribution in [0.1, 0.15) is 80.7 Å². The Bertz CT molecular complexity index is 1060. The van der Waals surface area contributed by atoms with E-state index in [0.29, 0.717) is 12.0 Å². The van der Waals surface area contributed by atoms with Crippen molar-refractivity contribution < 1.29 is 52.7 Å². The molecular formula is C29H45NO11. The zero-order chi connectivity index (χ0) is 31.6. The van der Waals surface area contributed by atoms with Crippen LogP contribution in [0.5, 0.6) is 11.5 Å². The van der Waals surface area contributed by atoms with Gasteiger partial charge in [-0.25, -0.2) is 14.4 Å². The molecular weight excluding hydrogens is 538 g/mol. The molecule has 0 saturated carbocycles. The van der Waals surface area contributed by atoms with Crippen LogP contribution in [-0.2, 0) is 30.2 Å². The van der Waals surface area contributed by atoms with Crippen molar-refractivity contribution in [3.63, 3.8) is 0 Å². The maximum atomic E-state index is 12.4. The van der Waals surface area contributed by atoms with Crippen LogP contribution in [0.4, 0.5) is 14.4 Å². The van der Waals surface area contributed by atoms with Crippen molar-refractivity contribution in [2.45, 2.75) is 99.3 Å². The van der Waals surface area contributed by atoms with Gasteiger partial charge in [-0.15, -0.1) is 0 Å². The van der Waals surface area contributed by atoms with Crippen molar-refractivity contribution in [1.82, 2.24) is 0 Å². The van der Waals surface area contributed by atoms with Crippen LogP contribution >= 0.6 is 0 Å². The third-order valence-electron chi connectivity index (χ3n) is 5.41. The Kier molecular flexibility index (Phi) is 12.9. The number of hydrogen-bond acceptors (Lipinski definition) is 11. The molecule has 12 heteroatoms. The molecule has 1 aromatic carbocycles. The number of benzene rings is 1. The van der Waals surface area contributed by atoms with Gasteiger partial charge in [-0.1, -0.05) is 54.5 Å². The molecule has 1 rings (SSSR count). The lowest BCUT2D eigenvalue weighted by atomic mass is 9.86. The van der Waals surface area contributed by atoms with E-state index < -0.39 is 36.1 Å². The van der Waals surface area contributed by atoms with Gasteiger partial charge in [0.1, 0.15) is 17.7 Å². The fourth-order valence-corrected chi connectivity index (χ4v) is 3.21. The van der Waals surface area contributed by atoms with E-state index in [1.54, 1.807) is 6.92 Å². The minimum Gasteiger partial charge on any atom is -0.480 e. The maximum Gasteiger partial charge on any atom is 0.513 e. The van der Waals surface area contributed by atoms with Crippen LogP contribution < -0.4 is 15.2 Å². The molecule has 0 spiro atoms. The van der Waals surface area contributed by atoms with Crippen molar-refractivity contribution in [2.75, 3.05) is 13.2 Å². The van der Waals surface area contributed by atoms with E-state index in [9.17, 15) is 24.3 Å². The zero-order valence-corrected chi connectivity index (χ0v) is 25.5. The Labute approximate surface area is 241 Å². The summed E-state index contributed by atoms with van der Waals surface area (Å²) in [6.07, 6.45) is -4.17. The van der Waals surface area contributed by atoms with Gasteiger partial charge in [0, 0.05) is 12.8 Å². The smallest absolute Gasteiger partial charge is 0.480 e. The second kappa shape index (κ2) is 14.9. The fraction of sp³-hybridized carbons (Fsp3) is 0.655. The van der Waals surface area contributed by atoms with Crippen LogP contribution in [0, 0.1) is 10.8 Å². The lowest BCUT2D eigenvalue weighted by molar-refractivity contribution is -0.144. The Hall–Kier alpha value is -3.54. The van der Waals surface area contributed by atoms with Crippen molar-refractivity contribution in [2.24, 2.45) is 16.6 Å². The van der Waals surface area contributed by atoms with Crippen LogP contribution in [0.25, 0.3) is 0 Å². The van der Waals surface area contributed by atoms with Gasteiger partial charge in [-0.2, -0.15) is 0 Å². The molecule has 2 unspecified atom stereocenters. The molecule has 0 amide bonds. The monoisotopic (exact) mass is 583 g/mol. The molecule has 41 heavy (non-hydrogen) atoms. The molecule has 0 bridgehead atoms. The van der Waals surface area contributed by atoms with Crippen molar-refractivity contribution in [3.05, 3.63) is 23.8 Å². The van der Waals surface area contributed by atoms with Gasteiger partial charge in [-0.3, -0.25) is 4.79 Å². The molecule has 3 atom stereocenters. The van der Waals surface area contributed by atoms with Gasteiger partial charge >= 0.3 is 24.4 Å². The molecule has 0 heterocycles. The topological polar surface area (TPSA) is 170 Å². The molecule has 0 saturated heterocycles. The summed E-state index contributed by atoms with van der Waals surface area (Å²) in [6.45, 7) is 16.4. The first-order chi connectivity index (χ1) is 18.7. The van der Waals surface area contributed by atoms with Gasteiger partial charge < -0.3 is 39.3 Å². The Morgan fingerprint density at radius 2 is 1.29 bits per heavy atom. The number of rotatable bonds is 12. The molecule has 1 aromatic rings. The number of ether oxygens (including phenoxy) is 6. The summed E-state index contributed by atoms with van der Waals surface area (Å²) >= 11 is 0. The second-order valence-electron chi connectivity index (χ2n) is 12.5. The van der Waals surface area contributed by atoms with E-state index >= 15 is 0 Å². The molecule has 3 N–H and O–H groups in total. The summed E-state index contributed by atoms with van der Waals surface area (Å²) in [5.41, 5.74) is 4.05. The fourth-order valence-electron chi connectivity index (χ4n) is 3.21. The predicted octanol–water partition coefficient (Wildman–Crippen LogP) is 5.86. The molecule has 0 aliphatic heterocycles. The summed E-state index contributed by atoms with van der Waals surface area (Å²) in [4.78, 5) is 48.9. The normalized spacial score (nSPS) is 14.6. The Balaban J connectivity index is 3.19. The van der Waals surface area contributed by atoms with Crippen LogP contribution in [0.2, 0.25) is 0 Å². The van der Waals surface area contributed by atoms with Crippen LogP contribution in [-0.4, -0.2) is 60.5 Å². The van der Waals surface area contributed by atoms with E-state index in [1.165, 1.54) is 25.1 Å². The number of carboxylic acids is 1. The summed E-state index contributed by atoms with van der Waals surface area (Å²) < 4.78 is 31.1. The van der Waals surface area contributed by atoms with E-state index in [0.717, 1.165) is 0 Å². The highest BCUT2D eigenvalue weighted by Gasteiger charge is 2.37. The standard InChI is InChI=1S/C29H45NO11/c1-10-18(2)38-26(35)39-19(3)14-29(30,23(31)32)15-20-11-12-21(40-24(33)36-16-27(4,5)6)22(13-20)41-25(34)37-17-28(7,8)9/h11-13,18-19H,10,14-17,30H2,1-9H3,(H,31,32)/t18?,19-,29?/m0/s1. The summed E-state index contributed by atoms with van der Waals surface area (Å²) in [5, 5.41) is 9.93. The molecule has 0 aliphatic rings. The third-order valence-corrected chi connectivity index (χ3v) is 5.41. The van der Waals surface area contributed by atoms with Crippen LogP contribution in [0.15, 0.2) is 18.2 Å². The van der Waals surface area contributed by atoms with Gasteiger partial charge in [0.15, 0.2) is 11.5 Å². The van der Waals surface area contributed by atoms with E-state index in [4.69, 9.17) is 34.2 Å². The van der Waals surface area contributed by atoms with Crippen molar-refractivity contribution in [1.29, 1.82) is 0 Å². The summed E-state index contributed by atoms with van der Waals surface area (Å²) in [5.74, 6) is -1.70. The largest absolute Gasteiger partial charge is 0.513 e. The molecule has 232 valence electrons. The highest BCUT2D eigenvalue weighted by Crippen LogP contribution is 2.32. The first-order valence-electron chi connectivity index (χ1n) is 13.4. The van der Waals surface area contributed by atoms with E-state index in [-0.39, 0.29) is 54.5 Å². The lowest BCUT2D eigenvalue weighted by Gasteiger charge is -2.28. The third kappa shape index (κ3) is 14.1. The maximum absolute atomic E-state index is 12.4. The predicted molar refractivity (Wildman–Crippen MR) is 149 cm³/mol. The Morgan fingerprint density at radius 1 is 0.805 bits per heavy atom. The van der Waals surface area contributed by atoms with Gasteiger partial charge in [0.25, 0.3) is 0 Å². The quantitative estimate of drug-likeness (QED) is 0.171. The molecule has 0 aromatic heterocycles. The average molecular weight is 584 g/mol. The summed E-state index contributed by atoms with van der Waals surface area (Å²) in [6, 6.07) is 4.11. The first-order valence-corrected chi connectivity index (χ1v) is 13.4. The van der Waals surface area contributed by atoms with Crippen molar-refractivity contribution in [3.8, 4) is 11.5 Å². The van der Waals surface area contributed by atoms with Crippen molar-refractivity contribution >= 4 is 24.4 Å². The number of aliphatic carboxylic acids is 1. The highest BCUT2D eigenvalue weighted by molar-refractivity contribution is 5.79. The minimum atomic E-state index is -1.88. The number of carboxylic acid groups (broad SMARTS) is 1. The SMILES string of the molecule is CCC(C)OC(=O)O[C@@H](C)CC(N)(Cc1ccc(OC(=O)OCC(C)(C)C)c(OC(=O)OCC(C)(C)C)c1)C(=O)O. The van der Waals surface area contributed by atoms with E-state index in [1.807, 2.05) is 48.5 Å². The number of nitrogens with two attached hydrogens (primary N) is 1. The molecule has 0 fully saturated rings. The molecule has 0 radical (unpaired) electrons. The second-order valence-corrected chi connectivity index (χ2v) is 12.5. The molecule has 0 aliphatic carbocycles. The molecule has 12 nitrogen and oxygen atoms in total. The van der Waals surface area contributed by atoms with Gasteiger partial charge in [-0.05, 0) is 48.8 Å². The summed E-state index contributed by atoms with van der Waals surface area (Å²) in [7, 11) is 0. The number of carbonyl (C=O) groups excluding carboxylic acids is 3. The lowest BCUT2D eigenvalue weighted by Crippen LogP contribution is -2.52. The zero-order valence-electron chi connectivity index (χ0n) is 25.5. The first kappa shape index (κ1) is 35.5. The average Bonchev–Trinajstić information content (AvgIpc) is 2.81. The highest BCUT2D eigenvalue weighted by atomic mass is 16.7.